The third-order valence-electron chi connectivity index (χ3n) is 3.03. The number of anilines is 1. The molecule has 0 aliphatic carbocycles. The van der Waals surface area contributed by atoms with Crippen molar-refractivity contribution in [2.75, 3.05) is 24.7 Å². The Labute approximate surface area is 104 Å². The Hall–Kier alpha value is -2.04. The molecule has 5 nitrogen and oxygen atoms in total. The SMILES string of the molecule is O=C1CC(=O)N(c2ccc3c(c2)OCCCO3)C1. The molecule has 3 rings (SSSR count). The molecule has 2 heterocycles. The van der Waals surface area contributed by atoms with Crippen LogP contribution < -0.4 is 14.4 Å². The van der Waals surface area contributed by atoms with E-state index in [1.165, 1.54) is 4.90 Å². The molecule has 5 heteroatoms. The van der Waals surface area contributed by atoms with Crippen molar-refractivity contribution in [1.82, 2.24) is 0 Å². The third kappa shape index (κ3) is 1.92. The average molecular weight is 247 g/mol. The first kappa shape index (κ1) is 11.1. The summed E-state index contributed by atoms with van der Waals surface area (Å²) in [5.74, 6) is 1.12. The largest absolute Gasteiger partial charge is 0.490 e. The molecule has 0 bridgehead atoms. The number of Topliss-reactive ketones (excluding diaryl/α,β-unsaturated/α-hetero) is 1. The fraction of sp³-hybridized carbons (Fsp3) is 0.385. The summed E-state index contributed by atoms with van der Waals surface area (Å²) in [6.07, 6.45) is 0.833. The molecular weight excluding hydrogens is 234 g/mol. The van der Waals surface area contributed by atoms with Gasteiger partial charge in [0.25, 0.3) is 0 Å². The third-order valence-corrected chi connectivity index (χ3v) is 3.03. The van der Waals surface area contributed by atoms with Gasteiger partial charge in [-0.3, -0.25) is 9.59 Å². The Morgan fingerprint density at radius 2 is 1.83 bits per heavy atom. The molecule has 2 aliphatic heterocycles. The van der Waals surface area contributed by atoms with Crippen molar-refractivity contribution in [2.45, 2.75) is 12.8 Å². The predicted octanol–water partition coefficient (Wildman–Crippen LogP) is 1.15. The Balaban J connectivity index is 1.92. The van der Waals surface area contributed by atoms with Crippen LogP contribution in [-0.2, 0) is 9.59 Å². The average Bonchev–Trinajstić information content (AvgIpc) is 2.58. The molecule has 0 unspecified atom stereocenters. The molecule has 1 aromatic rings. The first-order chi connectivity index (χ1) is 8.74. The predicted molar refractivity (Wildman–Crippen MR) is 64.0 cm³/mol. The number of carbonyl (C=O) groups excluding carboxylic acids is 2. The maximum Gasteiger partial charge on any atom is 0.234 e. The summed E-state index contributed by atoms with van der Waals surface area (Å²) >= 11 is 0. The number of hydrogen-bond donors (Lipinski definition) is 0. The molecule has 1 fully saturated rings. The van der Waals surface area contributed by atoms with E-state index >= 15 is 0 Å². The van der Waals surface area contributed by atoms with Gasteiger partial charge in [-0.2, -0.15) is 0 Å². The summed E-state index contributed by atoms with van der Waals surface area (Å²) in [5, 5.41) is 0. The van der Waals surface area contributed by atoms with Crippen molar-refractivity contribution in [3.05, 3.63) is 18.2 Å². The van der Waals surface area contributed by atoms with Crippen molar-refractivity contribution in [3.63, 3.8) is 0 Å². The zero-order valence-corrected chi connectivity index (χ0v) is 9.85. The highest BCUT2D eigenvalue weighted by Gasteiger charge is 2.29. The van der Waals surface area contributed by atoms with Crippen LogP contribution in [0.5, 0.6) is 11.5 Å². The molecule has 0 radical (unpaired) electrons. The van der Waals surface area contributed by atoms with Gasteiger partial charge in [0, 0.05) is 18.2 Å². The lowest BCUT2D eigenvalue weighted by molar-refractivity contribution is -0.121. The molecule has 0 atom stereocenters. The Morgan fingerprint density at radius 3 is 2.56 bits per heavy atom. The number of carbonyl (C=O) groups is 2. The fourth-order valence-corrected chi connectivity index (χ4v) is 2.14. The van der Waals surface area contributed by atoms with Gasteiger partial charge in [-0.15, -0.1) is 0 Å². The van der Waals surface area contributed by atoms with Gasteiger partial charge < -0.3 is 14.4 Å². The smallest absolute Gasteiger partial charge is 0.234 e. The van der Waals surface area contributed by atoms with Crippen LogP contribution in [0.25, 0.3) is 0 Å². The van der Waals surface area contributed by atoms with E-state index in [0.29, 0.717) is 30.4 Å². The Morgan fingerprint density at radius 1 is 1.06 bits per heavy atom. The molecule has 94 valence electrons. The van der Waals surface area contributed by atoms with Crippen molar-refractivity contribution in [2.24, 2.45) is 0 Å². The molecular formula is C13H13NO4. The highest BCUT2D eigenvalue weighted by Crippen LogP contribution is 2.34. The van der Waals surface area contributed by atoms with E-state index in [2.05, 4.69) is 0 Å². The molecule has 0 saturated carbocycles. The number of amides is 1. The van der Waals surface area contributed by atoms with Gasteiger partial charge in [-0.25, -0.2) is 0 Å². The van der Waals surface area contributed by atoms with E-state index < -0.39 is 0 Å². The Bertz CT molecular complexity index is 512. The van der Waals surface area contributed by atoms with Crippen LogP contribution in [0, 0.1) is 0 Å². The molecule has 0 spiro atoms. The lowest BCUT2D eigenvalue weighted by Gasteiger charge is -2.16. The van der Waals surface area contributed by atoms with Gasteiger partial charge in [-0.1, -0.05) is 0 Å². The van der Waals surface area contributed by atoms with Crippen LogP contribution in [0.4, 0.5) is 5.69 Å². The van der Waals surface area contributed by atoms with Gasteiger partial charge in [-0.05, 0) is 12.1 Å². The maximum atomic E-state index is 11.7. The first-order valence-electron chi connectivity index (χ1n) is 5.96. The van der Waals surface area contributed by atoms with Gasteiger partial charge in [0.2, 0.25) is 5.91 Å². The van der Waals surface area contributed by atoms with Crippen molar-refractivity contribution in [1.29, 1.82) is 0 Å². The normalized spacial score (nSPS) is 19.0. The number of hydrogen-bond acceptors (Lipinski definition) is 4. The summed E-state index contributed by atoms with van der Waals surface area (Å²) in [5.41, 5.74) is 0.690. The van der Waals surface area contributed by atoms with E-state index in [1.807, 2.05) is 0 Å². The van der Waals surface area contributed by atoms with E-state index in [4.69, 9.17) is 9.47 Å². The highest BCUT2D eigenvalue weighted by atomic mass is 16.5. The summed E-state index contributed by atoms with van der Waals surface area (Å²) in [6, 6.07) is 5.33. The topological polar surface area (TPSA) is 55.8 Å². The molecule has 18 heavy (non-hydrogen) atoms. The van der Waals surface area contributed by atoms with Crippen LogP contribution in [0.3, 0.4) is 0 Å². The minimum Gasteiger partial charge on any atom is -0.490 e. The number of nitrogens with zero attached hydrogens (tertiary/aromatic N) is 1. The standard InChI is InChI=1S/C13H13NO4/c15-10-7-13(16)14(8-10)9-2-3-11-12(6-9)18-5-1-4-17-11/h2-3,6H,1,4-5,7-8H2. The number of fused-ring (bicyclic) bond motifs is 1. The lowest BCUT2D eigenvalue weighted by Crippen LogP contribution is -2.24. The molecule has 0 aromatic heterocycles. The summed E-state index contributed by atoms with van der Waals surface area (Å²) in [7, 11) is 0. The van der Waals surface area contributed by atoms with E-state index in [9.17, 15) is 9.59 Å². The molecule has 1 saturated heterocycles. The number of ether oxygens (including phenoxy) is 2. The van der Waals surface area contributed by atoms with Crippen molar-refractivity contribution in [3.8, 4) is 11.5 Å². The maximum absolute atomic E-state index is 11.7. The molecule has 1 amide bonds. The molecule has 2 aliphatic rings. The van der Waals surface area contributed by atoms with Crippen LogP contribution in [-0.4, -0.2) is 31.4 Å². The van der Waals surface area contributed by atoms with Crippen LogP contribution in [0.15, 0.2) is 18.2 Å². The van der Waals surface area contributed by atoms with Crippen LogP contribution in [0.2, 0.25) is 0 Å². The first-order valence-corrected chi connectivity index (χ1v) is 5.96. The minimum atomic E-state index is -0.158. The second-order valence-electron chi connectivity index (χ2n) is 4.38. The minimum absolute atomic E-state index is 0.00551. The molecule has 0 N–H and O–H groups in total. The second-order valence-corrected chi connectivity index (χ2v) is 4.38. The zero-order valence-electron chi connectivity index (χ0n) is 9.85. The number of ketones is 1. The quantitative estimate of drug-likeness (QED) is 0.699. The van der Waals surface area contributed by atoms with Gasteiger partial charge in [0.05, 0.1) is 26.2 Å². The lowest BCUT2D eigenvalue weighted by atomic mass is 10.2. The van der Waals surface area contributed by atoms with Crippen molar-refractivity contribution < 1.29 is 19.1 Å². The van der Waals surface area contributed by atoms with E-state index in [-0.39, 0.29) is 24.7 Å². The summed E-state index contributed by atoms with van der Waals surface area (Å²) in [4.78, 5) is 24.4. The highest BCUT2D eigenvalue weighted by molar-refractivity contribution is 6.15. The van der Waals surface area contributed by atoms with E-state index in [0.717, 1.165) is 6.42 Å². The monoisotopic (exact) mass is 247 g/mol. The van der Waals surface area contributed by atoms with Gasteiger partial charge in [0.1, 0.15) is 0 Å². The summed E-state index contributed by atoms with van der Waals surface area (Å²) < 4.78 is 11.1. The fourth-order valence-electron chi connectivity index (χ4n) is 2.14. The zero-order chi connectivity index (χ0) is 12.5. The Kier molecular flexibility index (Phi) is 2.66. The van der Waals surface area contributed by atoms with E-state index in [1.54, 1.807) is 18.2 Å². The number of benzene rings is 1. The molecule has 1 aromatic carbocycles. The van der Waals surface area contributed by atoms with Gasteiger partial charge in [0.15, 0.2) is 17.3 Å². The number of rotatable bonds is 1. The van der Waals surface area contributed by atoms with Crippen LogP contribution >= 0.6 is 0 Å². The summed E-state index contributed by atoms with van der Waals surface area (Å²) in [6.45, 7) is 1.38. The second kappa shape index (κ2) is 4.33. The van der Waals surface area contributed by atoms with Gasteiger partial charge >= 0.3 is 0 Å². The van der Waals surface area contributed by atoms with Crippen molar-refractivity contribution >= 4 is 17.4 Å². The van der Waals surface area contributed by atoms with Crippen LogP contribution in [0.1, 0.15) is 12.8 Å².